The molecule has 2 heterocycles. The molecule has 0 fully saturated rings. The summed E-state index contributed by atoms with van der Waals surface area (Å²) >= 11 is 0. The number of nitrogens with zero attached hydrogens (tertiary/aromatic N) is 4. The molecule has 0 aliphatic carbocycles. The zero-order chi connectivity index (χ0) is 20.0. The maximum atomic E-state index is 4.72. The molecule has 0 saturated heterocycles. The lowest BCUT2D eigenvalue weighted by Gasteiger charge is -2.17. The Balaban J connectivity index is 1.69. The minimum absolute atomic E-state index is 0.929. The quantitative estimate of drug-likeness (QED) is 0.403. The Hall–Kier alpha value is -3.66. The van der Waals surface area contributed by atoms with Crippen molar-refractivity contribution in [1.29, 1.82) is 0 Å². The van der Waals surface area contributed by atoms with Crippen LogP contribution < -0.4 is 0 Å². The van der Waals surface area contributed by atoms with Gasteiger partial charge in [-0.05, 0) is 60.4 Å². The molecule has 4 heteroatoms. The van der Waals surface area contributed by atoms with Gasteiger partial charge in [0.25, 0.3) is 0 Å². The molecule has 0 amide bonds. The first-order valence-corrected chi connectivity index (χ1v) is 9.74. The van der Waals surface area contributed by atoms with E-state index in [1.165, 1.54) is 27.9 Å². The summed E-state index contributed by atoms with van der Waals surface area (Å²) in [4.78, 5) is 9.22. The summed E-state index contributed by atoms with van der Waals surface area (Å²) in [5.41, 5.74) is 9.24. The summed E-state index contributed by atoms with van der Waals surface area (Å²) in [6.45, 7) is 4.34. The molecule has 0 saturated carbocycles. The third kappa shape index (κ3) is 2.85. The van der Waals surface area contributed by atoms with Crippen LogP contribution >= 0.6 is 0 Å². The van der Waals surface area contributed by atoms with Crippen molar-refractivity contribution in [3.63, 3.8) is 0 Å². The molecular weight excluding hydrogens is 356 g/mol. The van der Waals surface area contributed by atoms with Crippen LogP contribution in [0.3, 0.4) is 0 Å². The Labute approximate surface area is 170 Å². The minimum atomic E-state index is 0.929. The van der Waals surface area contributed by atoms with Crippen molar-refractivity contribution >= 4 is 11.0 Å². The van der Waals surface area contributed by atoms with Gasteiger partial charge in [-0.1, -0.05) is 36.4 Å². The van der Waals surface area contributed by atoms with Crippen molar-refractivity contribution in [2.24, 2.45) is 7.05 Å². The molecule has 0 aliphatic rings. The maximum absolute atomic E-state index is 4.72. The van der Waals surface area contributed by atoms with Crippen LogP contribution in [0, 0.1) is 13.8 Å². The van der Waals surface area contributed by atoms with Crippen LogP contribution in [0.4, 0.5) is 0 Å². The van der Waals surface area contributed by atoms with E-state index in [2.05, 4.69) is 70.4 Å². The largest absolute Gasteiger partial charge is 0.333 e. The van der Waals surface area contributed by atoms with Crippen molar-refractivity contribution in [3.05, 3.63) is 90.5 Å². The first-order valence-electron chi connectivity index (χ1n) is 9.74. The van der Waals surface area contributed by atoms with E-state index in [0.29, 0.717) is 0 Å². The molecule has 29 heavy (non-hydrogen) atoms. The van der Waals surface area contributed by atoms with E-state index >= 15 is 0 Å². The van der Waals surface area contributed by atoms with Gasteiger partial charge in [0.05, 0.1) is 23.0 Å². The molecular formula is C25H22N4. The van der Waals surface area contributed by atoms with Crippen LogP contribution in [0.15, 0.2) is 79.4 Å². The van der Waals surface area contributed by atoms with Gasteiger partial charge in [-0.25, -0.2) is 9.97 Å². The van der Waals surface area contributed by atoms with E-state index in [0.717, 1.165) is 22.4 Å². The number of aryl methyl sites for hydroxylation is 3. The molecule has 4 nitrogen and oxygen atoms in total. The van der Waals surface area contributed by atoms with E-state index < -0.39 is 0 Å². The van der Waals surface area contributed by atoms with Gasteiger partial charge in [0.2, 0.25) is 0 Å². The lowest BCUT2D eigenvalue weighted by Crippen LogP contribution is -2.03. The van der Waals surface area contributed by atoms with E-state index in [1.807, 2.05) is 44.0 Å². The number of imidazole rings is 2. The molecule has 142 valence electrons. The molecule has 0 bridgehead atoms. The van der Waals surface area contributed by atoms with Gasteiger partial charge in [0, 0.05) is 25.0 Å². The molecule has 5 rings (SSSR count). The Kier molecular flexibility index (Phi) is 4.06. The fraction of sp³-hybridized carbons (Fsp3) is 0.120. The van der Waals surface area contributed by atoms with E-state index in [-0.39, 0.29) is 0 Å². The highest BCUT2D eigenvalue weighted by atomic mass is 15.1. The van der Waals surface area contributed by atoms with Gasteiger partial charge < -0.3 is 4.57 Å². The number of benzene rings is 3. The van der Waals surface area contributed by atoms with Gasteiger partial charge in [-0.15, -0.1) is 0 Å². The normalized spacial score (nSPS) is 11.3. The van der Waals surface area contributed by atoms with Crippen molar-refractivity contribution in [2.75, 3.05) is 0 Å². The predicted octanol–water partition coefficient (Wildman–Crippen LogP) is 5.71. The third-order valence-electron chi connectivity index (χ3n) is 5.46. The topological polar surface area (TPSA) is 35.6 Å². The highest BCUT2D eigenvalue weighted by molar-refractivity contribution is 5.90. The second-order valence-corrected chi connectivity index (χ2v) is 7.47. The van der Waals surface area contributed by atoms with Crippen LogP contribution in [0.25, 0.3) is 39.2 Å². The monoisotopic (exact) mass is 378 g/mol. The summed E-state index contributed by atoms with van der Waals surface area (Å²) < 4.78 is 4.25. The average molecular weight is 378 g/mol. The fourth-order valence-electron chi connectivity index (χ4n) is 4.21. The Bertz CT molecular complexity index is 1300. The van der Waals surface area contributed by atoms with Crippen LogP contribution in [0.1, 0.15) is 11.1 Å². The lowest BCUT2D eigenvalue weighted by molar-refractivity contribution is 0.945. The van der Waals surface area contributed by atoms with Gasteiger partial charge in [0.1, 0.15) is 5.82 Å². The first kappa shape index (κ1) is 17.4. The first-order chi connectivity index (χ1) is 14.1. The SMILES string of the molecule is Cc1cc(-c2ccccc2)cc(C)c1-n1ccnc1-c1cccc2ncn(C)c12. The molecule has 5 aromatic rings. The molecule has 0 spiro atoms. The van der Waals surface area contributed by atoms with Gasteiger partial charge in [0.15, 0.2) is 0 Å². The van der Waals surface area contributed by atoms with Crippen molar-refractivity contribution in [1.82, 2.24) is 19.1 Å². The fourth-order valence-corrected chi connectivity index (χ4v) is 4.21. The molecule has 2 aromatic heterocycles. The molecule has 0 N–H and O–H groups in total. The van der Waals surface area contributed by atoms with E-state index in [9.17, 15) is 0 Å². The lowest BCUT2D eigenvalue weighted by atomic mass is 9.98. The summed E-state index contributed by atoms with van der Waals surface area (Å²) in [5.74, 6) is 0.929. The minimum Gasteiger partial charge on any atom is -0.333 e. The molecule has 0 radical (unpaired) electrons. The number of aromatic nitrogens is 4. The Morgan fingerprint density at radius 2 is 1.55 bits per heavy atom. The summed E-state index contributed by atoms with van der Waals surface area (Å²) in [5, 5.41) is 0. The molecule has 0 atom stereocenters. The van der Waals surface area contributed by atoms with Crippen molar-refractivity contribution in [3.8, 4) is 28.2 Å². The standard InChI is InChI=1S/C25H22N4/c1-17-14-20(19-8-5-4-6-9-19)15-18(2)23(17)29-13-12-26-25(29)21-10-7-11-22-24(21)28(3)16-27-22/h4-16H,1-3H3. The second kappa shape index (κ2) is 6.74. The maximum Gasteiger partial charge on any atom is 0.146 e. The average Bonchev–Trinajstić information content (AvgIpc) is 3.35. The summed E-state index contributed by atoms with van der Waals surface area (Å²) in [7, 11) is 2.03. The van der Waals surface area contributed by atoms with Crippen LogP contribution in [0.2, 0.25) is 0 Å². The highest BCUT2D eigenvalue weighted by Crippen LogP contribution is 2.32. The predicted molar refractivity (Wildman–Crippen MR) is 118 cm³/mol. The number of rotatable bonds is 3. The van der Waals surface area contributed by atoms with E-state index in [4.69, 9.17) is 4.98 Å². The number of para-hydroxylation sites is 1. The number of hydrogen-bond acceptors (Lipinski definition) is 2. The molecule has 0 unspecified atom stereocenters. The molecule has 0 aliphatic heterocycles. The summed E-state index contributed by atoms with van der Waals surface area (Å²) in [6, 6.07) is 21.2. The smallest absolute Gasteiger partial charge is 0.146 e. The van der Waals surface area contributed by atoms with E-state index in [1.54, 1.807) is 0 Å². The molecule has 3 aromatic carbocycles. The van der Waals surface area contributed by atoms with Gasteiger partial charge >= 0.3 is 0 Å². The summed E-state index contributed by atoms with van der Waals surface area (Å²) in [6.07, 6.45) is 5.77. The Morgan fingerprint density at radius 1 is 0.793 bits per heavy atom. The third-order valence-corrected chi connectivity index (χ3v) is 5.46. The van der Waals surface area contributed by atoms with Crippen LogP contribution in [-0.2, 0) is 7.05 Å². The van der Waals surface area contributed by atoms with Crippen LogP contribution in [0.5, 0.6) is 0 Å². The number of fused-ring (bicyclic) bond motifs is 1. The van der Waals surface area contributed by atoms with Gasteiger partial charge in [-0.3, -0.25) is 4.57 Å². The van der Waals surface area contributed by atoms with Crippen molar-refractivity contribution in [2.45, 2.75) is 13.8 Å². The van der Waals surface area contributed by atoms with Crippen LogP contribution in [-0.4, -0.2) is 19.1 Å². The number of hydrogen-bond donors (Lipinski definition) is 0. The second-order valence-electron chi connectivity index (χ2n) is 7.47. The van der Waals surface area contributed by atoms with Crippen molar-refractivity contribution < 1.29 is 0 Å². The zero-order valence-electron chi connectivity index (χ0n) is 16.8. The Morgan fingerprint density at radius 3 is 2.31 bits per heavy atom. The zero-order valence-corrected chi connectivity index (χ0v) is 16.8. The van der Waals surface area contributed by atoms with Gasteiger partial charge in [-0.2, -0.15) is 0 Å². The highest BCUT2D eigenvalue weighted by Gasteiger charge is 2.16.